The van der Waals surface area contributed by atoms with Gasteiger partial charge in [0.2, 0.25) is 5.91 Å². The molecule has 0 atom stereocenters. The van der Waals surface area contributed by atoms with Crippen LogP contribution in [0.5, 0.6) is 0 Å². The first kappa shape index (κ1) is 16.5. The molecule has 0 aliphatic heterocycles. The number of hydrogen-bond acceptors (Lipinski definition) is 2. The van der Waals surface area contributed by atoms with Crippen LogP contribution in [-0.4, -0.2) is 18.4 Å². The third-order valence-corrected chi connectivity index (χ3v) is 2.96. The number of hydrogen-bond donors (Lipinski definition) is 2. The maximum Gasteiger partial charge on any atom is 0.254 e. The molecule has 23 heavy (non-hydrogen) atoms. The summed E-state index contributed by atoms with van der Waals surface area (Å²) in [5.41, 5.74) is -0.283. The van der Waals surface area contributed by atoms with E-state index in [0.717, 1.165) is 12.1 Å². The van der Waals surface area contributed by atoms with Crippen molar-refractivity contribution in [1.29, 1.82) is 0 Å². The molecule has 0 radical (unpaired) electrons. The Morgan fingerprint density at radius 1 is 0.957 bits per heavy atom. The van der Waals surface area contributed by atoms with Gasteiger partial charge >= 0.3 is 0 Å². The molecule has 2 aromatic rings. The van der Waals surface area contributed by atoms with Gasteiger partial charge in [-0.15, -0.1) is 0 Å². The minimum absolute atomic E-state index is 0.0356. The zero-order valence-corrected chi connectivity index (χ0v) is 11.9. The molecular formula is C16H13F3N2O2. The van der Waals surface area contributed by atoms with Crippen LogP contribution in [0.4, 0.5) is 18.9 Å². The lowest BCUT2D eigenvalue weighted by atomic mass is 10.2. The van der Waals surface area contributed by atoms with Gasteiger partial charge in [0.1, 0.15) is 17.5 Å². The smallest absolute Gasteiger partial charge is 0.254 e. The standard InChI is InChI=1S/C16H13F3N2O2/c17-10-5-6-11(13(19)9-10)16(23)20-8-7-15(22)21-14-4-2-1-3-12(14)18/h1-6,9H,7-8H2,(H,20,23)(H,21,22). The molecule has 0 saturated heterocycles. The van der Waals surface area contributed by atoms with E-state index in [1.54, 1.807) is 6.07 Å². The molecule has 120 valence electrons. The lowest BCUT2D eigenvalue weighted by molar-refractivity contribution is -0.116. The average molecular weight is 322 g/mol. The van der Waals surface area contributed by atoms with E-state index >= 15 is 0 Å². The number of para-hydroxylation sites is 1. The van der Waals surface area contributed by atoms with E-state index in [2.05, 4.69) is 10.6 Å². The van der Waals surface area contributed by atoms with E-state index in [1.807, 2.05) is 0 Å². The minimum Gasteiger partial charge on any atom is -0.351 e. The van der Waals surface area contributed by atoms with Crippen molar-refractivity contribution in [3.8, 4) is 0 Å². The third kappa shape index (κ3) is 4.57. The number of halogens is 3. The Morgan fingerprint density at radius 3 is 2.39 bits per heavy atom. The summed E-state index contributed by atoms with van der Waals surface area (Å²) >= 11 is 0. The Bertz CT molecular complexity index is 735. The maximum absolute atomic E-state index is 13.4. The van der Waals surface area contributed by atoms with Gasteiger partial charge in [0.05, 0.1) is 11.3 Å². The zero-order valence-electron chi connectivity index (χ0n) is 11.9. The van der Waals surface area contributed by atoms with Crippen molar-refractivity contribution in [3.63, 3.8) is 0 Å². The molecule has 2 aromatic carbocycles. The highest BCUT2D eigenvalue weighted by Crippen LogP contribution is 2.12. The quantitative estimate of drug-likeness (QED) is 0.889. The normalized spacial score (nSPS) is 10.2. The van der Waals surface area contributed by atoms with Crippen molar-refractivity contribution in [2.24, 2.45) is 0 Å². The Balaban J connectivity index is 1.83. The Labute approximate surface area is 130 Å². The molecular weight excluding hydrogens is 309 g/mol. The van der Waals surface area contributed by atoms with Gasteiger partial charge in [-0.3, -0.25) is 9.59 Å². The molecule has 2 amide bonds. The SMILES string of the molecule is O=C(CCNC(=O)c1ccc(F)cc1F)Nc1ccccc1F. The molecule has 0 bridgehead atoms. The van der Waals surface area contributed by atoms with Gasteiger partial charge in [-0.25, -0.2) is 13.2 Å². The summed E-state index contributed by atoms with van der Waals surface area (Å²) in [7, 11) is 0. The predicted molar refractivity (Wildman–Crippen MR) is 78.3 cm³/mol. The minimum atomic E-state index is -0.988. The monoisotopic (exact) mass is 322 g/mol. The van der Waals surface area contributed by atoms with E-state index < -0.39 is 29.3 Å². The van der Waals surface area contributed by atoms with Crippen molar-refractivity contribution in [2.45, 2.75) is 6.42 Å². The van der Waals surface area contributed by atoms with E-state index in [4.69, 9.17) is 0 Å². The first-order valence-corrected chi connectivity index (χ1v) is 6.75. The first-order chi connectivity index (χ1) is 11.0. The highest BCUT2D eigenvalue weighted by molar-refractivity contribution is 5.95. The highest BCUT2D eigenvalue weighted by Gasteiger charge is 2.13. The second-order valence-corrected chi connectivity index (χ2v) is 4.66. The lowest BCUT2D eigenvalue weighted by Gasteiger charge is -2.08. The number of carbonyl (C=O) groups is 2. The number of anilines is 1. The maximum atomic E-state index is 13.4. The molecule has 2 rings (SSSR count). The molecule has 0 heterocycles. The zero-order chi connectivity index (χ0) is 16.8. The largest absolute Gasteiger partial charge is 0.351 e. The molecule has 7 heteroatoms. The summed E-state index contributed by atoms with van der Waals surface area (Å²) in [4.78, 5) is 23.3. The van der Waals surface area contributed by atoms with Gasteiger partial charge in [-0.2, -0.15) is 0 Å². The number of amides is 2. The van der Waals surface area contributed by atoms with Crippen LogP contribution < -0.4 is 10.6 Å². The molecule has 4 nitrogen and oxygen atoms in total. The van der Waals surface area contributed by atoms with Gasteiger partial charge in [0.25, 0.3) is 5.91 Å². The van der Waals surface area contributed by atoms with Crippen LogP contribution in [0.2, 0.25) is 0 Å². The number of nitrogens with one attached hydrogen (secondary N) is 2. The second-order valence-electron chi connectivity index (χ2n) is 4.66. The Kier molecular flexibility index (Phi) is 5.35. The van der Waals surface area contributed by atoms with Crippen molar-refractivity contribution in [3.05, 3.63) is 65.5 Å². The van der Waals surface area contributed by atoms with Crippen LogP contribution in [0.3, 0.4) is 0 Å². The fourth-order valence-electron chi connectivity index (χ4n) is 1.83. The summed E-state index contributed by atoms with van der Waals surface area (Å²) < 4.78 is 39.5. The van der Waals surface area contributed by atoms with Crippen molar-refractivity contribution in [2.75, 3.05) is 11.9 Å². The molecule has 0 unspecified atom stereocenters. The second kappa shape index (κ2) is 7.44. The van der Waals surface area contributed by atoms with E-state index in [1.165, 1.54) is 18.2 Å². The summed E-state index contributed by atoms with van der Waals surface area (Å²) in [6.45, 7) is -0.0735. The van der Waals surface area contributed by atoms with Crippen molar-refractivity contribution < 1.29 is 22.8 Å². The van der Waals surface area contributed by atoms with Gasteiger partial charge < -0.3 is 10.6 Å². The average Bonchev–Trinajstić information content (AvgIpc) is 2.49. The van der Waals surface area contributed by atoms with Crippen LogP contribution >= 0.6 is 0 Å². The van der Waals surface area contributed by atoms with Crippen molar-refractivity contribution >= 4 is 17.5 Å². The fraction of sp³-hybridized carbons (Fsp3) is 0.125. The molecule has 0 fully saturated rings. The summed E-state index contributed by atoms with van der Waals surface area (Å²) in [6, 6.07) is 8.23. The number of carbonyl (C=O) groups excluding carboxylic acids is 2. The molecule has 0 saturated carbocycles. The summed E-state index contributed by atoms with van der Waals surface area (Å²) in [5, 5.41) is 4.69. The topological polar surface area (TPSA) is 58.2 Å². The van der Waals surface area contributed by atoms with Gasteiger partial charge in [0, 0.05) is 19.0 Å². The first-order valence-electron chi connectivity index (χ1n) is 6.75. The Morgan fingerprint density at radius 2 is 1.70 bits per heavy atom. The van der Waals surface area contributed by atoms with Crippen LogP contribution in [-0.2, 0) is 4.79 Å². The number of rotatable bonds is 5. The third-order valence-electron chi connectivity index (χ3n) is 2.96. The molecule has 0 aliphatic rings. The van der Waals surface area contributed by atoms with Crippen molar-refractivity contribution in [1.82, 2.24) is 5.32 Å². The highest BCUT2D eigenvalue weighted by atomic mass is 19.1. The molecule has 2 N–H and O–H groups in total. The van der Waals surface area contributed by atoms with Crippen LogP contribution in [0.1, 0.15) is 16.8 Å². The molecule has 0 spiro atoms. The summed E-state index contributed by atoms with van der Waals surface area (Å²) in [5.74, 6) is -3.61. The van der Waals surface area contributed by atoms with Crippen LogP contribution in [0, 0.1) is 17.5 Å². The lowest BCUT2D eigenvalue weighted by Crippen LogP contribution is -2.28. The fourth-order valence-corrected chi connectivity index (χ4v) is 1.83. The molecule has 0 aliphatic carbocycles. The molecule has 0 aromatic heterocycles. The van der Waals surface area contributed by atoms with E-state index in [0.29, 0.717) is 6.07 Å². The van der Waals surface area contributed by atoms with Crippen LogP contribution in [0.25, 0.3) is 0 Å². The van der Waals surface area contributed by atoms with Gasteiger partial charge in [-0.05, 0) is 24.3 Å². The number of benzene rings is 2. The van der Waals surface area contributed by atoms with E-state index in [-0.39, 0.29) is 24.2 Å². The summed E-state index contributed by atoms with van der Waals surface area (Å²) in [6.07, 6.45) is -0.122. The van der Waals surface area contributed by atoms with Gasteiger partial charge in [0.15, 0.2) is 0 Å². The predicted octanol–water partition coefficient (Wildman–Crippen LogP) is 2.86. The van der Waals surface area contributed by atoms with Crippen LogP contribution in [0.15, 0.2) is 42.5 Å². The van der Waals surface area contributed by atoms with E-state index in [9.17, 15) is 22.8 Å². The Hall–Kier alpha value is -2.83. The van der Waals surface area contributed by atoms with Gasteiger partial charge in [-0.1, -0.05) is 12.1 Å².